The van der Waals surface area contributed by atoms with Crippen molar-refractivity contribution in [2.24, 2.45) is 5.92 Å². The lowest BCUT2D eigenvalue weighted by molar-refractivity contribution is 0.0577. The lowest BCUT2D eigenvalue weighted by Gasteiger charge is -2.27. The van der Waals surface area contributed by atoms with Crippen molar-refractivity contribution in [2.75, 3.05) is 17.2 Å². The summed E-state index contributed by atoms with van der Waals surface area (Å²) in [4.78, 5) is 17.6. The Kier molecular flexibility index (Phi) is 4.27. The topological polar surface area (TPSA) is 68.5 Å². The zero-order chi connectivity index (χ0) is 15.8. The average molecular weight is 316 g/mol. The van der Waals surface area contributed by atoms with Crippen molar-refractivity contribution in [1.29, 1.82) is 0 Å². The van der Waals surface area contributed by atoms with Gasteiger partial charge in [0.05, 0.1) is 5.69 Å². The van der Waals surface area contributed by atoms with E-state index in [2.05, 4.69) is 4.98 Å². The largest absolute Gasteiger partial charge is 0.443 e. The van der Waals surface area contributed by atoms with Gasteiger partial charge in [0.15, 0.2) is 16.8 Å². The Morgan fingerprint density at radius 3 is 2.71 bits per heavy atom. The van der Waals surface area contributed by atoms with E-state index in [1.807, 2.05) is 0 Å². The van der Waals surface area contributed by atoms with Crippen LogP contribution in [0.2, 0.25) is 5.15 Å². The van der Waals surface area contributed by atoms with Gasteiger partial charge in [-0.2, -0.15) is 0 Å². The fourth-order valence-electron chi connectivity index (χ4n) is 1.81. The minimum atomic E-state index is -0.714. The van der Waals surface area contributed by atoms with Crippen LogP contribution in [0, 0.1) is 11.7 Å². The number of anilines is 2. The van der Waals surface area contributed by atoms with Crippen molar-refractivity contribution in [1.82, 2.24) is 4.98 Å². The maximum atomic E-state index is 13.4. The average Bonchev–Trinajstić information content (AvgIpc) is 3.13. The van der Waals surface area contributed by atoms with Crippen molar-refractivity contribution in [2.45, 2.75) is 39.2 Å². The Morgan fingerprint density at radius 2 is 2.19 bits per heavy atom. The summed E-state index contributed by atoms with van der Waals surface area (Å²) in [6, 6.07) is 1.06. The van der Waals surface area contributed by atoms with Crippen molar-refractivity contribution in [3.63, 3.8) is 0 Å². The van der Waals surface area contributed by atoms with Gasteiger partial charge in [-0.05, 0) is 39.5 Å². The first-order chi connectivity index (χ1) is 9.67. The summed E-state index contributed by atoms with van der Waals surface area (Å²) in [5, 5.41) is -0.316. The first-order valence-corrected chi connectivity index (χ1v) is 7.17. The molecule has 21 heavy (non-hydrogen) atoms. The summed E-state index contributed by atoms with van der Waals surface area (Å²) < 4.78 is 18.7. The molecule has 1 amide bonds. The lowest BCUT2D eigenvalue weighted by Crippen LogP contribution is -2.39. The summed E-state index contributed by atoms with van der Waals surface area (Å²) in [6.45, 7) is 5.76. The molecule has 1 aliphatic rings. The summed E-state index contributed by atoms with van der Waals surface area (Å²) >= 11 is 5.70. The van der Waals surface area contributed by atoms with E-state index in [0.29, 0.717) is 12.5 Å². The quantitative estimate of drug-likeness (QED) is 0.865. The number of rotatable bonds is 3. The number of carbonyl (C=O) groups is 1. The molecule has 7 heteroatoms. The van der Waals surface area contributed by atoms with Crippen LogP contribution in [0.3, 0.4) is 0 Å². The number of nitrogen functional groups attached to an aromatic ring is 1. The molecular formula is C14H19ClFN3O2. The Balaban J connectivity index is 2.31. The van der Waals surface area contributed by atoms with Crippen LogP contribution in [0.25, 0.3) is 0 Å². The van der Waals surface area contributed by atoms with Crippen molar-refractivity contribution in [3.05, 3.63) is 17.0 Å². The van der Waals surface area contributed by atoms with Gasteiger partial charge < -0.3 is 10.5 Å². The van der Waals surface area contributed by atoms with Gasteiger partial charge in [-0.25, -0.2) is 14.2 Å². The number of carbonyl (C=O) groups excluding carboxylic acids is 1. The molecule has 0 aromatic carbocycles. The lowest BCUT2D eigenvalue weighted by atomic mass is 10.2. The normalized spacial score (nSPS) is 14.9. The van der Waals surface area contributed by atoms with Crippen LogP contribution < -0.4 is 10.6 Å². The SMILES string of the molecule is CC(C)(C)OC(=O)N(CC1CC1)c1nc(Cl)c(F)cc1N. The molecule has 0 saturated heterocycles. The van der Waals surface area contributed by atoms with Gasteiger partial charge in [-0.1, -0.05) is 11.6 Å². The number of pyridine rings is 1. The molecule has 116 valence electrons. The Hall–Kier alpha value is -1.56. The maximum Gasteiger partial charge on any atom is 0.416 e. The predicted octanol–water partition coefficient (Wildman–Crippen LogP) is 3.61. The molecule has 0 radical (unpaired) electrons. The molecule has 1 heterocycles. The zero-order valence-electron chi connectivity index (χ0n) is 12.3. The third kappa shape index (κ3) is 4.20. The highest BCUT2D eigenvalue weighted by atomic mass is 35.5. The first kappa shape index (κ1) is 15.8. The number of halogens is 2. The fraction of sp³-hybridized carbons (Fsp3) is 0.571. The molecule has 2 rings (SSSR count). The smallest absolute Gasteiger partial charge is 0.416 e. The molecule has 5 nitrogen and oxygen atoms in total. The Morgan fingerprint density at radius 1 is 1.57 bits per heavy atom. The number of aromatic nitrogens is 1. The van der Waals surface area contributed by atoms with Crippen LogP contribution >= 0.6 is 11.6 Å². The highest BCUT2D eigenvalue weighted by Crippen LogP contribution is 2.34. The van der Waals surface area contributed by atoms with Crippen LogP contribution in [-0.2, 0) is 4.74 Å². The standard InChI is InChI=1S/C14H19ClFN3O2/c1-14(2,3)21-13(20)19(7-8-4-5-8)12-10(17)6-9(16)11(15)18-12/h6,8H,4-5,7,17H2,1-3H3. The summed E-state index contributed by atoms with van der Waals surface area (Å²) in [7, 11) is 0. The second-order valence-corrected chi connectivity index (χ2v) is 6.57. The third-order valence-electron chi connectivity index (χ3n) is 2.95. The van der Waals surface area contributed by atoms with E-state index >= 15 is 0 Å². The van der Waals surface area contributed by atoms with Gasteiger partial charge in [0.2, 0.25) is 0 Å². The minimum Gasteiger partial charge on any atom is -0.443 e. The molecule has 1 aromatic heterocycles. The van der Waals surface area contributed by atoms with E-state index in [-0.39, 0.29) is 16.7 Å². The Labute approximate surface area is 128 Å². The van der Waals surface area contributed by atoms with E-state index in [1.54, 1.807) is 20.8 Å². The van der Waals surface area contributed by atoms with Gasteiger partial charge >= 0.3 is 6.09 Å². The van der Waals surface area contributed by atoms with Gasteiger partial charge in [0, 0.05) is 12.6 Å². The molecule has 0 atom stereocenters. The molecule has 0 unspecified atom stereocenters. The van der Waals surface area contributed by atoms with Gasteiger partial charge in [-0.15, -0.1) is 0 Å². The van der Waals surface area contributed by atoms with Crippen LogP contribution in [0.1, 0.15) is 33.6 Å². The molecule has 0 spiro atoms. The fourth-order valence-corrected chi connectivity index (χ4v) is 1.95. The summed E-state index contributed by atoms with van der Waals surface area (Å²) in [5.41, 5.74) is 5.20. The molecule has 1 aliphatic carbocycles. The second kappa shape index (κ2) is 5.67. The second-order valence-electron chi connectivity index (χ2n) is 6.21. The monoisotopic (exact) mass is 315 g/mol. The van der Waals surface area contributed by atoms with E-state index < -0.39 is 17.5 Å². The minimum absolute atomic E-state index is 0.0587. The predicted molar refractivity (Wildman–Crippen MR) is 79.9 cm³/mol. The zero-order valence-corrected chi connectivity index (χ0v) is 13.1. The highest BCUT2D eigenvalue weighted by molar-refractivity contribution is 6.29. The Bertz CT molecular complexity index is 556. The maximum absolute atomic E-state index is 13.4. The van der Waals surface area contributed by atoms with Crippen LogP contribution in [-0.4, -0.2) is 23.2 Å². The molecule has 1 fully saturated rings. The summed E-state index contributed by atoms with van der Waals surface area (Å²) in [6.07, 6.45) is 1.51. The number of hydrogen-bond donors (Lipinski definition) is 1. The molecule has 1 aromatic rings. The van der Waals surface area contributed by atoms with Crippen molar-refractivity contribution in [3.8, 4) is 0 Å². The number of hydrogen-bond acceptors (Lipinski definition) is 4. The highest BCUT2D eigenvalue weighted by Gasteiger charge is 2.32. The van der Waals surface area contributed by atoms with Gasteiger partial charge in [-0.3, -0.25) is 4.90 Å². The van der Waals surface area contributed by atoms with Crippen molar-refractivity contribution >= 4 is 29.2 Å². The van der Waals surface area contributed by atoms with E-state index in [0.717, 1.165) is 18.9 Å². The van der Waals surface area contributed by atoms with E-state index in [1.165, 1.54) is 4.90 Å². The van der Waals surface area contributed by atoms with Gasteiger partial charge in [0.1, 0.15) is 5.60 Å². The molecular weight excluding hydrogens is 297 g/mol. The van der Waals surface area contributed by atoms with Crippen LogP contribution in [0.5, 0.6) is 0 Å². The first-order valence-electron chi connectivity index (χ1n) is 6.79. The third-order valence-corrected chi connectivity index (χ3v) is 3.21. The van der Waals surface area contributed by atoms with Gasteiger partial charge in [0.25, 0.3) is 0 Å². The van der Waals surface area contributed by atoms with E-state index in [4.69, 9.17) is 22.1 Å². The van der Waals surface area contributed by atoms with Crippen LogP contribution in [0.15, 0.2) is 6.07 Å². The van der Waals surface area contributed by atoms with E-state index in [9.17, 15) is 9.18 Å². The number of nitrogens with two attached hydrogens (primary N) is 1. The molecule has 2 N–H and O–H groups in total. The van der Waals surface area contributed by atoms with Crippen molar-refractivity contribution < 1.29 is 13.9 Å². The van der Waals surface area contributed by atoms with Crippen LogP contribution in [0.4, 0.5) is 20.7 Å². The number of nitrogens with zero attached hydrogens (tertiary/aromatic N) is 2. The molecule has 0 aliphatic heterocycles. The number of ether oxygens (including phenoxy) is 1. The molecule has 1 saturated carbocycles. The number of amides is 1. The molecule has 0 bridgehead atoms. The summed E-state index contributed by atoms with van der Waals surface area (Å²) in [5.74, 6) is -0.182.